The number of aromatic nitrogens is 1. The summed E-state index contributed by atoms with van der Waals surface area (Å²) in [6.07, 6.45) is 0. The van der Waals surface area contributed by atoms with Crippen LogP contribution in [0.25, 0.3) is 0 Å². The molecule has 0 aliphatic rings. The summed E-state index contributed by atoms with van der Waals surface area (Å²) in [5.74, 6) is -2.11. The van der Waals surface area contributed by atoms with Crippen LogP contribution in [0.5, 0.6) is 5.75 Å². The second-order valence-corrected chi connectivity index (χ2v) is 5.74. The molecule has 0 aliphatic heterocycles. The number of esters is 1. The van der Waals surface area contributed by atoms with Gasteiger partial charge in [0.25, 0.3) is 5.56 Å². The topological polar surface area (TPSA) is 94.8 Å². The molecule has 22 heavy (non-hydrogen) atoms. The highest BCUT2D eigenvalue weighted by Gasteiger charge is 2.22. The zero-order chi connectivity index (χ0) is 17.1. The molecule has 0 radical (unpaired) electrons. The van der Waals surface area contributed by atoms with Crippen molar-refractivity contribution in [2.24, 2.45) is 0 Å². The van der Waals surface area contributed by atoms with Crippen molar-refractivity contribution < 1.29 is 24.2 Å². The zero-order valence-corrected chi connectivity index (χ0v) is 13.4. The van der Waals surface area contributed by atoms with Gasteiger partial charge in [-0.2, -0.15) is 0 Å². The monoisotopic (exact) mass is 311 g/mol. The first-order valence-corrected chi connectivity index (χ1v) is 6.89. The lowest BCUT2D eigenvalue weighted by atomic mass is 10.2. The molecule has 7 heteroatoms. The SMILES string of the molecule is CCOc1c(C(=O)O)cc(C)n(CC(=O)OC(C)(C)C)c1=O. The zero-order valence-electron chi connectivity index (χ0n) is 13.4. The van der Waals surface area contributed by atoms with E-state index in [-0.39, 0.29) is 24.5 Å². The Hall–Kier alpha value is -2.31. The van der Waals surface area contributed by atoms with Crippen LogP contribution in [-0.2, 0) is 16.1 Å². The third-order valence-electron chi connectivity index (χ3n) is 2.69. The van der Waals surface area contributed by atoms with Crippen molar-refractivity contribution in [3.05, 3.63) is 27.7 Å². The minimum atomic E-state index is -1.26. The second kappa shape index (κ2) is 6.64. The molecule has 0 atom stereocenters. The first-order chi connectivity index (χ1) is 10.1. The van der Waals surface area contributed by atoms with Crippen LogP contribution in [-0.4, -0.2) is 33.8 Å². The van der Waals surface area contributed by atoms with Gasteiger partial charge in [-0.3, -0.25) is 14.2 Å². The van der Waals surface area contributed by atoms with Crippen LogP contribution in [0.4, 0.5) is 0 Å². The molecular formula is C15H21NO6. The summed E-state index contributed by atoms with van der Waals surface area (Å²) in [6, 6.07) is 1.30. The van der Waals surface area contributed by atoms with E-state index in [0.717, 1.165) is 4.57 Å². The normalized spacial score (nSPS) is 11.1. The lowest BCUT2D eigenvalue weighted by molar-refractivity contribution is -0.155. The average molecular weight is 311 g/mol. The number of carbonyl (C=O) groups is 2. The molecule has 7 nitrogen and oxygen atoms in total. The number of aromatic carboxylic acids is 1. The van der Waals surface area contributed by atoms with Gasteiger partial charge in [-0.1, -0.05) is 0 Å². The van der Waals surface area contributed by atoms with Gasteiger partial charge in [0.15, 0.2) is 5.75 Å². The van der Waals surface area contributed by atoms with Crippen LogP contribution < -0.4 is 10.3 Å². The molecule has 0 saturated heterocycles. The Balaban J connectivity index is 3.27. The minimum Gasteiger partial charge on any atom is -0.487 e. The van der Waals surface area contributed by atoms with Gasteiger partial charge in [-0.25, -0.2) is 4.79 Å². The summed E-state index contributed by atoms with van der Waals surface area (Å²) in [5, 5.41) is 9.15. The van der Waals surface area contributed by atoms with Crippen LogP contribution in [0.3, 0.4) is 0 Å². The fourth-order valence-electron chi connectivity index (χ4n) is 1.89. The molecule has 0 saturated carbocycles. The number of pyridine rings is 1. The largest absolute Gasteiger partial charge is 0.487 e. The molecule has 0 aromatic carbocycles. The van der Waals surface area contributed by atoms with Crippen molar-refractivity contribution in [1.82, 2.24) is 4.57 Å². The van der Waals surface area contributed by atoms with Crippen molar-refractivity contribution in [3.8, 4) is 5.75 Å². The van der Waals surface area contributed by atoms with E-state index < -0.39 is 23.1 Å². The number of rotatable bonds is 5. The second-order valence-electron chi connectivity index (χ2n) is 5.74. The molecule has 0 fully saturated rings. The Labute approximate surface area is 128 Å². The molecule has 1 rings (SSSR count). The Morgan fingerprint density at radius 1 is 1.32 bits per heavy atom. The smallest absolute Gasteiger partial charge is 0.339 e. The van der Waals surface area contributed by atoms with Crippen LogP contribution in [0, 0.1) is 6.92 Å². The van der Waals surface area contributed by atoms with E-state index in [1.807, 2.05) is 0 Å². The molecule has 0 bridgehead atoms. The summed E-state index contributed by atoms with van der Waals surface area (Å²) in [4.78, 5) is 35.5. The molecule has 1 aromatic heterocycles. The molecule has 1 N–H and O–H groups in total. The van der Waals surface area contributed by atoms with E-state index in [9.17, 15) is 14.4 Å². The summed E-state index contributed by atoms with van der Waals surface area (Å²) in [5.41, 5.74) is -1.20. The highest BCUT2D eigenvalue weighted by atomic mass is 16.6. The van der Waals surface area contributed by atoms with E-state index in [1.165, 1.54) is 6.07 Å². The number of carbonyl (C=O) groups excluding carboxylic acids is 1. The fourth-order valence-corrected chi connectivity index (χ4v) is 1.89. The molecule has 0 unspecified atom stereocenters. The predicted octanol–water partition coefficient (Wildman–Crippen LogP) is 1.60. The van der Waals surface area contributed by atoms with Crippen LogP contribution >= 0.6 is 0 Å². The van der Waals surface area contributed by atoms with Gasteiger partial charge in [0.05, 0.1) is 6.61 Å². The maximum Gasteiger partial charge on any atom is 0.339 e. The number of aryl methyl sites for hydroxylation is 1. The first-order valence-electron chi connectivity index (χ1n) is 6.89. The van der Waals surface area contributed by atoms with Crippen molar-refractivity contribution >= 4 is 11.9 Å². The highest BCUT2D eigenvalue weighted by molar-refractivity contribution is 5.90. The standard InChI is InChI=1S/C15H21NO6/c1-6-21-12-10(14(19)20)7-9(2)16(13(12)18)8-11(17)22-15(3,4)5/h7H,6,8H2,1-5H3,(H,19,20). The maximum atomic E-state index is 12.4. The van der Waals surface area contributed by atoms with Gasteiger partial charge >= 0.3 is 11.9 Å². The van der Waals surface area contributed by atoms with Crippen LogP contribution in [0.1, 0.15) is 43.7 Å². The van der Waals surface area contributed by atoms with Gasteiger partial charge in [0, 0.05) is 5.69 Å². The summed E-state index contributed by atoms with van der Waals surface area (Å²) in [7, 11) is 0. The van der Waals surface area contributed by atoms with Gasteiger partial charge < -0.3 is 14.6 Å². The predicted molar refractivity (Wildman–Crippen MR) is 79.4 cm³/mol. The van der Waals surface area contributed by atoms with Crippen molar-refractivity contribution in [2.75, 3.05) is 6.61 Å². The minimum absolute atomic E-state index is 0.144. The first kappa shape index (κ1) is 17.7. The van der Waals surface area contributed by atoms with Gasteiger partial charge in [-0.05, 0) is 40.7 Å². The Bertz CT molecular complexity index is 639. The molecule has 122 valence electrons. The molecule has 0 amide bonds. The van der Waals surface area contributed by atoms with Crippen LogP contribution in [0.15, 0.2) is 10.9 Å². The molecule has 1 heterocycles. The number of hydrogen-bond donors (Lipinski definition) is 1. The number of nitrogens with zero attached hydrogens (tertiary/aromatic N) is 1. The molecule has 1 aromatic rings. The maximum absolute atomic E-state index is 12.4. The molecule has 0 aliphatic carbocycles. The highest BCUT2D eigenvalue weighted by Crippen LogP contribution is 2.16. The van der Waals surface area contributed by atoms with Gasteiger partial charge in [0.1, 0.15) is 17.7 Å². The van der Waals surface area contributed by atoms with Gasteiger partial charge in [-0.15, -0.1) is 0 Å². The van der Waals surface area contributed by atoms with Gasteiger partial charge in [0.2, 0.25) is 0 Å². The summed E-state index contributed by atoms with van der Waals surface area (Å²) < 4.78 is 11.5. The number of ether oxygens (including phenoxy) is 2. The van der Waals surface area contributed by atoms with E-state index >= 15 is 0 Å². The quantitative estimate of drug-likeness (QED) is 0.830. The van der Waals surface area contributed by atoms with E-state index in [4.69, 9.17) is 14.6 Å². The lowest BCUT2D eigenvalue weighted by Crippen LogP contribution is -2.33. The Morgan fingerprint density at radius 3 is 2.36 bits per heavy atom. The molecule has 0 spiro atoms. The Kier molecular flexibility index (Phi) is 5.35. The number of carboxylic acid groups (broad SMARTS) is 1. The number of hydrogen-bond acceptors (Lipinski definition) is 5. The van der Waals surface area contributed by atoms with Crippen LogP contribution in [0.2, 0.25) is 0 Å². The fraction of sp³-hybridized carbons (Fsp3) is 0.533. The van der Waals surface area contributed by atoms with E-state index in [1.54, 1.807) is 34.6 Å². The third-order valence-corrected chi connectivity index (χ3v) is 2.69. The lowest BCUT2D eigenvalue weighted by Gasteiger charge is -2.20. The Morgan fingerprint density at radius 2 is 1.91 bits per heavy atom. The summed E-state index contributed by atoms with van der Waals surface area (Å²) in [6.45, 7) is 8.20. The van der Waals surface area contributed by atoms with E-state index in [0.29, 0.717) is 5.69 Å². The van der Waals surface area contributed by atoms with E-state index in [2.05, 4.69) is 0 Å². The molecular weight excluding hydrogens is 290 g/mol. The average Bonchev–Trinajstić information content (AvgIpc) is 2.35. The number of carboxylic acids is 1. The van der Waals surface area contributed by atoms with Crippen molar-refractivity contribution in [1.29, 1.82) is 0 Å². The van der Waals surface area contributed by atoms with Crippen molar-refractivity contribution in [3.63, 3.8) is 0 Å². The third kappa shape index (κ3) is 4.34. The summed E-state index contributed by atoms with van der Waals surface area (Å²) >= 11 is 0. The van der Waals surface area contributed by atoms with Crippen molar-refractivity contribution in [2.45, 2.75) is 46.8 Å².